The zero-order valence-corrected chi connectivity index (χ0v) is 29.6. The third-order valence-electron chi connectivity index (χ3n) is 7.33. The van der Waals surface area contributed by atoms with Gasteiger partial charge in [-0.1, -0.05) is 26.0 Å². The van der Waals surface area contributed by atoms with E-state index in [1.165, 1.54) is 0 Å². The van der Waals surface area contributed by atoms with Crippen LogP contribution >= 0.6 is 0 Å². The van der Waals surface area contributed by atoms with Crippen molar-refractivity contribution in [3.63, 3.8) is 0 Å². The molecule has 0 saturated heterocycles. The molecular formula is C32H60N10O7. The van der Waals surface area contributed by atoms with Gasteiger partial charge in [0.25, 0.3) is 0 Å². The number of likely N-dealkylation sites (N-methyl/N-ethyl adjacent to an activating group) is 1. The van der Waals surface area contributed by atoms with Gasteiger partial charge < -0.3 is 47.5 Å². The number of aromatic nitrogens is 3. The summed E-state index contributed by atoms with van der Waals surface area (Å²) in [5.74, 6) is -1.07. The van der Waals surface area contributed by atoms with Gasteiger partial charge >= 0.3 is 0 Å². The van der Waals surface area contributed by atoms with Gasteiger partial charge in [-0.2, -0.15) is 0 Å². The van der Waals surface area contributed by atoms with E-state index in [1.54, 1.807) is 10.9 Å². The summed E-state index contributed by atoms with van der Waals surface area (Å²) < 4.78 is 12.6. The van der Waals surface area contributed by atoms with Gasteiger partial charge in [0, 0.05) is 57.6 Å². The smallest absolute Gasteiger partial charge is 0.234 e. The van der Waals surface area contributed by atoms with E-state index in [2.05, 4.69) is 36.9 Å². The molecule has 9 N–H and O–H groups in total. The predicted octanol–water partition coefficient (Wildman–Crippen LogP) is -0.971. The highest BCUT2D eigenvalue weighted by molar-refractivity contribution is 5.80. The summed E-state index contributed by atoms with van der Waals surface area (Å²) in [5.41, 5.74) is 11.5. The Bertz CT molecular complexity index is 1100. The van der Waals surface area contributed by atoms with E-state index in [4.69, 9.17) is 20.9 Å². The molecule has 17 heteroatoms. The minimum atomic E-state index is -0.367. The van der Waals surface area contributed by atoms with Gasteiger partial charge in [-0.05, 0) is 45.1 Å². The predicted molar refractivity (Wildman–Crippen MR) is 184 cm³/mol. The second-order valence-electron chi connectivity index (χ2n) is 12.0. The van der Waals surface area contributed by atoms with Gasteiger partial charge in [0.1, 0.15) is 0 Å². The van der Waals surface area contributed by atoms with Gasteiger partial charge in [-0.15, -0.1) is 5.10 Å². The monoisotopic (exact) mass is 696 g/mol. The molecule has 2 atom stereocenters. The molecule has 0 saturated carbocycles. The molecule has 0 radical (unpaired) electrons. The number of nitrogens with two attached hydrogens (primary N) is 2. The number of nitrogens with zero attached hydrogens (tertiary/aromatic N) is 3. The van der Waals surface area contributed by atoms with E-state index >= 15 is 0 Å². The van der Waals surface area contributed by atoms with Crippen molar-refractivity contribution in [1.82, 2.24) is 41.6 Å². The summed E-state index contributed by atoms with van der Waals surface area (Å²) in [6, 6.07) is -0.530. The number of ether oxygens (including phenoxy) is 2. The average Bonchev–Trinajstić information content (AvgIpc) is 3.51. The van der Waals surface area contributed by atoms with E-state index < -0.39 is 0 Å². The van der Waals surface area contributed by atoms with Crippen LogP contribution in [0.4, 0.5) is 0 Å². The SMILES string of the molecule is CCNC(CCCCNC(=O)CCOCCn1cc(CCC(=O)NCCOCCC(=O)NCCCCC(NC(C)C)C(N)=O)nn1)C(N)=O. The first-order valence-electron chi connectivity index (χ1n) is 17.4. The molecule has 1 aromatic heterocycles. The second-order valence-corrected chi connectivity index (χ2v) is 12.0. The number of carbonyl (C=O) groups excluding carboxylic acids is 5. The number of aryl methyl sites for hydroxylation is 1. The van der Waals surface area contributed by atoms with Gasteiger partial charge in [0.2, 0.25) is 29.5 Å². The van der Waals surface area contributed by atoms with E-state index in [1.807, 2.05) is 20.8 Å². The fourth-order valence-corrected chi connectivity index (χ4v) is 4.73. The van der Waals surface area contributed by atoms with E-state index in [0.29, 0.717) is 70.9 Å². The summed E-state index contributed by atoms with van der Waals surface area (Å²) in [6.45, 7) is 9.57. The molecule has 2 unspecified atom stereocenters. The number of nitrogens with one attached hydrogen (secondary N) is 5. The molecule has 0 fully saturated rings. The van der Waals surface area contributed by atoms with Gasteiger partial charge in [-0.25, -0.2) is 4.68 Å². The number of rotatable bonds is 31. The maximum atomic E-state index is 12.2. The lowest BCUT2D eigenvalue weighted by Gasteiger charge is -2.18. The molecule has 0 aliphatic carbocycles. The second kappa shape index (κ2) is 27.2. The van der Waals surface area contributed by atoms with E-state index in [-0.39, 0.29) is 80.1 Å². The van der Waals surface area contributed by atoms with Crippen LogP contribution in [-0.4, -0.2) is 115 Å². The zero-order chi connectivity index (χ0) is 36.3. The first kappa shape index (κ1) is 43.4. The van der Waals surface area contributed by atoms with Crippen molar-refractivity contribution in [1.29, 1.82) is 0 Å². The highest BCUT2D eigenvalue weighted by Crippen LogP contribution is 2.03. The minimum Gasteiger partial charge on any atom is -0.379 e. The fourth-order valence-electron chi connectivity index (χ4n) is 4.73. The largest absolute Gasteiger partial charge is 0.379 e. The number of hydrogen-bond donors (Lipinski definition) is 7. The molecule has 1 rings (SSSR count). The molecule has 1 heterocycles. The summed E-state index contributed by atoms with van der Waals surface area (Å²) in [5, 5.41) is 22.8. The van der Waals surface area contributed by atoms with Crippen LogP contribution in [0, 0.1) is 0 Å². The molecule has 1 aromatic rings. The van der Waals surface area contributed by atoms with Crippen molar-refractivity contribution in [3.05, 3.63) is 11.9 Å². The Balaban J connectivity index is 2.01. The van der Waals surface area contributed by atoms with Crippen LogP contribution in [0.1, 0.15) is 84.3 Å². The molecule has 0 aliphatic rings. The van der Waals surface area contributed by atoms with Crippen molar-refractivity contribution in [3.8, 4) is 0 Å². The normalized spacial score (nSPS) is 12.4. The highest BCUT2D eigenvalue weighted by Gasteiger charge is 2.15. The maximum Gasteiger partial charge on any atom is 0.234 e. The Hall–Kier alpha value is -3.67. The Kier molecular flexibility index (Phi) is 24.1. The maximum absolute atomic E-state index is 12.2. The summed E-state index contributed by atoms with van der Waals surface area (Å²) in [6.07, 6.45) is 7.25. The zero-order valence-electron chi connectivity index (χ0n) is 29.6. The standard InChI is InChI=1S/C32H60N10O7/c1-4-35-26(31(33)46)9-5-7-15-36-30(45)14-20-49-22-18-42-23-25(40-41-42)11-12-28(43)38-17-21-48-19-13-29(44)37-16-8-6-10-27(32(34)47)39-24(2)3/h23-24,26-27,35,39H,4-22H2,1-3H3,(H2,33,46)(H2,34,47)(H,36,45)(H,37,44)(H,38,43). The molecule has 0 spiro atoms. The Morgan fingerprint density at radius 3 is 1.88 bits per heavy atom. The summed E-state index contributed by atoms with van der Waals surface area (Å²) in [7, 11) is 0. The third kappa shape index (κ3) is 23.3. The first-order chi connectivity index (χ1) is 23.5. The molecular weight excluding hydrogens is 636 g/mol. The van der Waals surface area contributed by atoms with Gasteiger partial charge in [0.05, 0.1) is 50.7 Å². The quantitative estimate of drug-likeness (QED) is 0.0466. The van der Waals surface area contributed by atoms with Crippen LogP contribution in [0.15, 0.2) is 6.20 Å². The molecule has 0 aliphatic heterocycles. The van der Waals surface area contributed by atoms with E-state index in [0.717, 1.165) is 25.7 Å². The highest BCUT2D eigenvalue weighted by atomic mass is 16.5. The van der Waals surface area contributed by atoms with Crippen molar-refractivity contribution in [2.24, 2.45) is 11.5 Å². The Morgan fingerprint density at radius 2 is 1.31 bits per heavy atom. The molecule has 0 bridgehead atoms. The Morgan fingerprint density at radius 1 is 0.755 bits per heavy atom. The number of unbranched alkanes of at least 4 members (excludes halogenated alkanes) is 2. The minimum absolute atomic E-state index is 0.0929. The van der Waals surface area contributed by atoms with Crippen LogP contribution in [0.2, 0.25) is 0 Å². The third-order valence-corrected chi connectivity index (χ3v) is 7.33. The Labute approximate surface area is 290 Å². The molecule has 0 aromatic carbocycles. The van der Waals surface area contributed by atoms with Crippen molar-refractivity contribution in [2.75, 3.05) is 52.6 Å². The number of hydrogen-bond acceptors (Lipinski definition) is 11. The van der Waals surface area contributed by atoms with Crippen LogP contribution in [0.25, 0.3) is 0 Å². The van der Waals surface area contributed by atoms with Crippen LogP contribution in [-0.2, 0) is 46.4 Å². The molecule has 49 heavy (non-hydrogen) atoms. The summed E-state index contributed by atoms with van der Waals surface area (Å²) in [4.78, 5) is 58.9. The van der Waals surface area contributed by atoms with Crippen molar-refractivity contribution in [2.45, 2.75) is 110 Å². The van der Waals surface area contributed by atoms with Gasteiger partial charge in [-0.3, -0.25) is 24.0 Å². The lowest BCUT2D eigenvalue weighted by Crippen LogP contribution is -2.44. The molecule has 17 nitrogen and oxygen atoms in total. The molecule has 5 amide bonds. The summed E-state index contributed by atoms with van der Waals surface area (Å²) >= 11 is 0. The van der Waals surface area contributed by atoms with Gasteiger partial charge in [0.15, 0.2) is 0 Å². The van der Waals surface area contributed by atoms with Crippen molar-refractivity contribution < 1.29 is 33.4 Å². The topological polar surface area (TPSA) is 247 Å². The van der Waals surface area contributed by atoms with E-state index in [9.17, 15) is 24.0 Å². The lowest BCUT2D eigenvalue weighted by atomic mass is 10.1. The van der Waals surface area contributed by atoms with Crippen molar-refractivity contribution >= 4 is 29.5 Å². The van der Waals surface area contributed by atoms with Crippen LogP contribution < -0.4 is 38.1 Å². The number of amides is 5. The lowest BCUT2D eigenvalue weighted by molar-refractivity contribution is -0.123. The number of carbonyl (C=O) groups is 5. The first-order valence-corrected chi connectivity index (χ1v) is 17.4. The number of primary amides is 2. The van der Waals surface area contributed by atoms with Crippen LogP contribution in [0.5, 0.6) is 0 Å². The molecule has 280 valence electrons. The fraction of sp³-hybridized carbons (Fsp3) is 0.781. The average molecular weight is 697 g/mol. The van der Waals surface area contributed by atoms with Crippen LogP contribution in [0.3, 0.4) is 0 Å².